The summed E-state index contributed by atoms with van der Waals surface area (Å²) in [4.78, 5) is 23.9. The molecule has 31 heavy (non-hydrogen) atoms. The fourth-order valence-electron chi connectivity index (χ4n) is 2.83. The molecule has 0 spiro atoms. The van der Waals surface area contributed by atoms with E-state index < -0.39 is 18.9 Å². The molecule has 0 bridgehead atoms. The SMILES string of the molecule is CCOC(=O)NC(CNC(=O)CCc1ccc(OCC(F)(F)F)c(OC)c1)CC(C)C. The van der Waals surface area contributed by atoms with Gasteiger partial charge in [-0.25, -0.2) is 4.79 Å². The van der Waals surface area contributed by atoms with Crippen LogP contribution in [0.5, 0.6) is 11.5 Å². The van der Waals surface area contributed by atoms with Gasteiger partial charge in [-0.1, -0.05) is 19.9 Å². The van der Waals surface area contributed by atoms with Crippen molar-refractivity contribution in [1.82, 2.24) is 10.6 Å². The zero-order valence-electron chi connectivity index (χ0n) is 18.3. The minimum Gasteiger partial charge on any atom is -0.493 e. The minimum absolute atomic E-state index is 0.0189. The number of halogens is 3. The summed E-state index contributed by atoms with van der Waals surface area (Å²) < 4.78 is 51.7. The molecule has 0 aliphatic heterocycles. The summed E-state index contributed by atoms with van der Waals surface area (Å²) in [5, 5.41) is 5.53. The quantitative estimate of drug-likeness (QED) is 0.507. The summed E-state index contributed by atoms with van der Waals surface area (Å²) in [6.07, 6.45) is -3.77. The molecule has 2 amide bonds. The molecule has 0 saturated heterocycles. The third-order valence-electron chi connectivity index (χ3n) is 4.16. The number of benzene rings is 1. The molecule has 1 aromatic rings. The number of alkyl halides is 3. The van der Waals surface area contributed by atoms with E-state index in [1.807, 2.05) is 13.8 Å². The van der Waals surface area contributed by atoms with Gasteiger partial charge in [0.15, 0.2) is 18.1 Å². The lowest BCUT2D eigenvalue weighted by molar-refractivity contribution is -0.153. The molecule has 0 saturated carbocycles. The highest BCUT2D eigenvalue weighted by Gasteiger charge is 2.29. The van der Waals surface area contributed by atoms with E-state index in [0.29, 0.717) is 18.8 Å². The number of hydrogen-bond acceptors (Lipinski definition) is 5. The van der Waals surface area contributed by atoms with Crippen molar-refractivity contribution in [2.75, 3.05) is 26.9 Å². The van der Waals surface area contributed by atoms with Crippen molar-refractivity contribution >= 4 is 12.0 Å². The van der Waals surface area contributed by atoms with Crippen LogP contribution in [0.1, 0.15) is 39.2 Å². The number of hydrogen-bond donors (Lipinski definition) is 2. The van der Waals surface area contributed by atoms with Gasteiger partial charge in [0, 0.05) is 19.0 Å². The predicted molar refractivity (Wildman–Crippen MR) is 109 cm³/mol. The van der Waals surface area contributed by atoms with Gasteiger partial charge >= 0.3 is 12.3 Å². The molecule has 1 unspecified atom stereocenters. The number of amides is 2. The summed E-state index contributed by atoms with van der Waals surface area (Å²) in [6, 6.07) is 4.27. The largest absolute Gasteiger partial charge is 0.493 e. The van der Waals surface area contributed by atoms with Gasteiger partial charge in [-0.2, -0.15) is 13.2 Å². The van der Waals surface area contributed by atoms with Crippen LogP contribution in [-0.4, -0.2) is 51.1 Å². The van der Waals surface area contributed by atoms with Crippen LogP contribution in [0, 0.1) is 5.92 Å². The zero-order chi connectivity index (χ0) is 23.4. The molecule has 0 heterocycles. The molecule has 176 valence electrons. The lowest BCUT2D eigenvalue weighted by Gasteiger charge is -2.20. The first-order valence-electron chi connectivity index (χ1n) is 10.1. The molecule has 0 fully saturated rings. The van der Waals surface area contributed by atoms with Crippen LogP contribution in [-0.2, 0) is 16.0 Å². The number of alkyl carbamates (subject to hydrolysis) is 1. The standard InChI is InChI=1S/C21H31F3N2O5/c1-5-30-20(28)26-16(10-14(2)3)12-25-19(27)9-7-15-6-8-17(18(11-15)29-4)31-13-21(22,23)24/h6,8,11,14,16H,5,7,9-10,12-13H2,1-4H3,(H,25,27)(H,26,28). The van der Waals surface area contributed by atoms with Crippen LogP contribution in [0.2, 0.25) is 0 Å². The normalized spacial score (nSPS) is 12.3. The highest BCUT2D eigenvalue weighted by molar-refractivity contribution is 5.76. The van der Waals surface area contributed by atoms with Crippen LogP contribution in [0.3, 0.4) is 0 Å². The van der Waals surface area contributed by atoms with Gasteiger partial charge in [-0.3, -0.25) is 4.79 Å². The van der Waals surface area contributed by atoms with Gasteiger partial charge in [-0.05, 0) is 43.4 Å². The van der Waals surface area contributed by atoms with Crippen molar-refractivity contribution in [3.05, 3.63) is 23.8 Å². The Labute approximate surface area is 180 Å². The smallest absolute Gasteiger partial charge is 0.422 e. The van der Waals surface area contributed by atoms with Crippen molar-refractivity contribution < 1.29 is 37.0 Å². The van der Waals surface area contributed by atoms with Crippen molar-refractivity contribution in [2.45, 2.75) is 52.3 Å². The Morgan fingerprint density at radius 3 is 2.45 bits per heavy atom. The van der Waals surface area contributed by atoms with Crippen molar-refractivity contribution in [2.24, 2.45) is 5.92 Å². The maximum Gasteiger partial charge on any atom is 0.422 e. The first-order valence-corrected chi connectivity index (χ1v) is 10.1. The molecule has 1 rings (SSSR count). The summed E-state index contributed by atoms with van der Waals surface area (Å²) >= 11 is 0. The van der Waals surface area contributed by atoms with Crippen molar-refractivity contribution in [3.63, 3.8) is 0 Å². The van der Waals surface area contributed by atoms with E-state index in [1.165, 1.54) is 13.2 Å². The minimum atomic E-state index is -4.45. The third kappa shape index (κ3) is 11.4. The average Bonchev–Trinajstić information content (AvgIpc) is 2.68. The number of carbonyl (C=O) groups excluding carboxylic acids is 2. The Hall–Kier alpha value is -2.65. The van der Waals surface area contributed by atoms with E-state index in [-0.39, 0.29) is 43.0 Å². The Kier molecular flexibility index (Phi) is 11.0. The number of methoxy groups -OCH3 is 1. The molecular formula is C21H31F3N2O5. The van der Waals surface area contributed by atoms with E-state index in [2.05, 4.69) is 10.6 Å². The summed E-state index contributed by atoms with van der Waals surface area (Å²) in [7, 11) is 1.33. The summed E-state index contributed by atoms with van der Waals surface area (Å²) in [5.41, 5.74) is 0.717. The molecule has 10 heteroatoms. The maximum atomic E-state index is 12.3. The second kappa shape index (κ2) is 12.9. The highest BCUT2D eigenvalue weighted by atomic mass is 19.4. The number of aryl methyl sites for hydroxylation is 1. The van der Waals surface area contributed by atoms with Crippen molar-refractivity contribution in [1.29, 1.82) is 0 Å². The topological polar surface area (TPSA) is 85.9 Å². The molecular weight excluding hydrogens is 417 g/mol. The number of rotatable bonds is 12. The second-order valence-electron chi connectivity index (χ2n) is 7.38. The van der Waals surface area contributed by atoms with E-state index in [1.54, 1.807) is 19.1 Å². The number of ether oxygens (including phenoxy) is 3. The molecule has 0 aliphatic carbocycles. The van der Waals surface area contributed by atoms with Gasteiger partial charge < -0.3 is 24.8 Å². The Morgan fingerprint density at radius 1 is 1.16 bits per heavy atom. The lowest BCUT2D eigenvalue weighted by Crippen LogP contribution is -2.44. The zero-order valence-corrected chi connectivity index (χ0v) is 18.3. The van der Waals surface area contributed by atoms with E-state index in [4.69, 9.17) is 14.2 Å². The van der Waals surface area contributed by atoms with Gasteiger partial charge in [0.1, 0.15) is 0 Å². The van der Waals surface area contributed by atoms with Gasteiger partial charge in [0.25, 0.3) is 0 Å². The molecule has 0 aliphatic rings. The fourth-order valence-corrected chi connectivity index (χ4v) is 2.83. The van der Waals surface area contributed by atoms with Crippen LogP contribution in [0.15, 0.2) is 18.2 Å². The van der Waals surface area contributed by atoms with E-state index in [9.17, 15) is 22.8 Å². The van der Waals surface area contributed by atoms with Crippen LogP contribution < -0.4 is 20.1 Å². The highest BCUT2D eigenvalue weighted by Crippen LogP contribution is 2.30. The van der Waals surface area contributed by atoms with Crippen LogP contribution in [0.4, 0.5) is 18.0 Å². The van der Waals surface area contributed by atoms with Gasteiger partial charge in [-0.15, -0.1) is 0 Å². The third-order valence-corrected chi connectivity index (χ3v) is 4.16. The van der Waals surface area contributed by atoms with Crippen LogP contribution >= 0.6 is 0 Å². The van der Waals surface area contributed by atoms with Gasteiger partial charge in [0.05, 0.1) is 13.7 Å². The fraction of sp³-hybridized carbons (Fsp3) is 0.619. The van der Waals surface area contributed by atoms with Crippen LogP contribution in [0.25, 0.3) is 0 Å². The Morgan fingerprint density at radius 2 is 1.87 bits per heavy atom. The molecule has 1 atom stereocenters. The maximum absolute atomic E-state index is 12.3. The number of carbonyl (C=O) groups is 2. The monoisotopic (exact) mass is 448 g/mol. The van der Waals surface area contributed by atoms with E-state index >= 15 is 0 Å². The second-order valence-corrected chi connectivity index (χ2v) is 7.38. The van der Waals surface area contributed by atoms with Crippen molar-refractivity contribution in [3.8, 4) is 11.5 Å². The van der Waals surface area contributed by atoms with Gasteiger partial charge in [0.2, 0.25) is 5.91 Å². The summed E-state index contributed by atoms with van der Waals surface area (Å²) in [6.45, 7) is 4.85. The Bertz CT molecular complexity index is 711. The Balaban J connectivity index is 2.57. The van der Waals surface area contributed by atoms with E-state index in [0.717, 1.165) is 5.56 Å². The molecule has 1 aromatic carbocycles. The summed E-state index contributed by atoms with van der Waals surface area (Å²) in [5.74, 6) is 0.248. The molecule has 0 radical (unpaired) electrons. The lowest BCUT2D eigenvalue weighted by atomic mass is 10.0. The molecule has 7 nitrogen and oxygen atoms in total. The first kappa shape index (κ1) is 26.4. The molecule has 2 N–H and O–H groups in total. The average molecular weight is 448 g/mol. The molecule has 0 aromatic heterocycles. The predicted octanol–water partition coefficient (Wildman–Crippen LogP) is 3.85. The number of nitrogens with one attached hydrogen (secondary N) is 2. The first-order chi connectivity index (χ1) is 14.5.